The number of aromatic nitrogens is 4. The zero-order valence-corrected chi connectivity index (χ0v) is 29.9. The summed E-state index contributed by atoms with van der Waals surface area (Å²) in [6.45, 7) is 9.27. The third kappa shape index (κ3) is 9.06. The van der Waals surface area contributed by atoms with Crippen LogP contribution in [-0.2, 0) is 38.9 Å². The summed E-state index contributed by atoms with van der Waals surface area (Å²) in [6, 6.07) is 19.5. The van der Waals surface area contributed by atoms with Crippen LogP contribution in [0.15, 0.2) is 96.5 Å². The SMILES string of the molecule is CB(O)N1CCc2ccc(-n3ccnc3)cc2C1.CB(O)N1CCc2ccc(Br)cc2C1.Cl.c1cn(-c2ccc3c(c2)CNCC3)cn1. The fourth-order valence-corrected chi connectivity index (χ4v) is 6.77. The van der Waals surface area contributed by atoms with Crippen molar-refractivity contribution in [3.8, 4) is 11.4 Å². The lowest BCUT2D eigenvalue weighted by molar-refractivity contribution is 0.347. The Hall–Kier alpha value is -3.22. The van der Waals surface area contributed by atoms with Crippen molar-refractivity contribution in [3.63, 3.8) is 0 Å². The standard InChI is InChI=1S/C13H16BN3O.C12H13N3.C10H13BBrNO.ClH/c1-14(18)17-6-4-11-2-3-13(8-12(11)9-17)16-7-5-15-10-16;1-2-12(15-6-5-14-9-15)7-11-8-13-4-3-10(1)11;1-11(14)13-5-4-8-2-3-10(12)6-9(8)7-13;/h2-3,5,7-8,10,18H,4,6,9H2,1H3;1-2,5-7,9,13H,3-4,8H2;2-3,6,14H,4-5,7H2,1H3;1H. The second kappa shape index (κ2) is 16.9. The molecule has 0 radical (unpaired) electrons. The second-order valence-corrected chi connectivity index (χ2v) is 13.3. The van der Waals surface area contributed by atoms with Crippen LogP contribution in [0.4, 0.5) is 0 Å². The van der Waals surface area contributed by atoms with E-state index in [2.05, 4.69) is 95.4 Å². The van der Waals surface area contributed by atoms with Gasteiger partial charge < -0.3 is 34.1 Å². The predicted molar refractivity (Wildman–Crippen MR) is 200 cm³/mol. The first-order valence-corrected chi connectivity index (χ1v) is 17.2. The summed E-state index contributed by atoms with van der Waals surface area (Å²) in [5, 5.41) is 22.5. The average molecular weight is 731 g/mol. The van der Waals surface area contributed by atoms with Crippen LogP contribution in [0.1, 0.15) is 33.4 Å². The molecule has 2 aromatic heterocycles. The predicted octanol–water partition coefficient (Wildman–Crippen LogP) is 5.20. The molecule has 0 bridgehead atoms. The highest BCUT2D eigenvalue weighted by atomic mass is 79.9. The van der Waals surface area contributed by atoms with Gasteiger partial charge in [-0.1, -0.05) is 34.1 Å². The fourth-order valence-electron chi connectivity index (χ4n) is 6.36. The van der Waals surface area contributed by atoms with Gasteiger partial charge in [-0.2, -0.15) is 0 Å². The number of nitrogens with one attached hydrogen (secondary N) is 1. The Morgan fingerprint density at radius 1 is 0.667 bits per heavy atom. The van der Waals surface area contributed by atoms with Crippen molar-refractivity contribution in [2.45, 2.75) is 52.5 Å². The molecule has 0 saturated carbocycles. The topological polar surface area (TPSA) is 94.6 Å². The number of benzene rings is 3. The van der Waals surface area contributed by atoms with E-state index in [-0.39, 0.29) is 26.5 Å². The lowest BCUT2D eigenvalue weighted by Crippen LogP contribution is -2.40. The first-order chi connectivity index (χ1) is 22.8. The molecule has 0 aliphatic carbocycles. The number of hydrogen-bond donors (Lipinski definition) is 3. The van der Waals surface area contributed by atoms with Crippen LogP contribution in [0.25, 0.3) is 11.4 Å². The average Bonchev–Trinajstić information content (AvgIpc) is 3.84. The Morgan fingerprint density at radius 3 is 1.69 bits per heavy atom. The van der Waals surface area contributed by atoms with Crippen molar-refractivity contribution < 1.29 is 10.0 Å². The van der Waals surface area contributed by atoms with Crippen molar-refractivity contribution >= 4 is 42.4 Å². The maximum Gasteiger partial charge on any atom is 0.376 e. The zero-order chi connectivity index (χ0) is 32.8. The van der Waals surface area contributed by atoms with Crippen LogP contribution in [0, 0.1) is 0 Å². The van der Waals surface area contributed by atoms with Crippen LogP contribution in [0.2, 0.25) is 13.6 Å². The molecule has 3 aliphatic heterocycles. The molecular formula is C35H43B2BrClN7O2. The molecule has 3 aliphatic rings. The maximum atomic E-state index is 9.67. The highest BCUT2D eigenvalue weighted by Crippen LogP contribution is 2.24. The monoisotopic (exact) mass is 729 g/mol. The first kappa shape index (κ1) is 36.1. The largest absolute Gasteiger partial charge is 0.437 e. The van der Waals surface area contributed by atoms with E-state index < -0.39 is 0 Å². The highest BCUT2D eigenvalue weighted by molar-refractivity contribution is 9.10. The molecule has 13 heteroatoms. The molecule has 5 aromatic rings. The Kier molecular flexibility index (Phi) is 12.7. The third-order valence-electron chi connectivity index (χ3n) is 9.18. The molecule has 0 spiro atoms. The van der Waals surface area contributed by atoms with Gasteiger partial charge in [-0.05, 0) is 122 Å². The van der Waals surface area contributed by atoms with Gasteiger partial charge in [0.1, 0.15) is 0 Å². The second-order valence-electron chi connectivity index (χ2n) is 12.4. The lowest BCUT2D eigenvalue weighted by Gasteiger charge is -2.29. The fraction of sp³-hybridized carbons (Fsp3) is 0.314. The quantitative estimate of drug-likeness (QED) is 0.219. The smallest absolute Gasteiger partial charge is 0.376 e. The van der Waals surface area contributed by atoms with E-state index in [9.17, 15) is 10.0 Å². The normalized spacial score (nSPS) is 15.3. The molecule has 250 valence electrons. The van der Waals surface area contributed by atoms with Gasteiger partial charge in [-0.25, -0.2) is 9.97 Å². The van der Waals surface area contributed by atoms with E-state index in [1.165, 1.54) is 39.1 Å². The van der Waals surface area contributed by atoms with Gasteiger partial charge >= 0.3 is 14.1 Å². The Bertz CT molecular complexity index is 1760. The van der Waals surface area contributed by atoms with Gasteiger partial charge in [0.25, 0.3) is 0 Å². The van der Waals surface area contributed by atoms with Gasteiger partial charge in [-0.15, -0.1) is 12.4 Å². The molecule has 3 aromatic carbocycles. The van der Waals surface area contributed by atoms with Crippen molar-refractivity contribution in [2.24, 2.45) is 0 Å². The van der Waals surface area contributed by atoms with E-state index >= 15 is 0 Å². The number of imidazole rings is 2. The molecule has 3 N–H and O–H groups in total. The van der Waals surface area contributed by atoms with Crippen LogP contribution in [0.5, 0.6) is 0 Å². The summed E-state index contributed by atoms with van der Waals surface area (Å²) in [7, 11) is -0.725. The van der Waals surface area contributed by atoms with E-state index in [0.29, 0.717) is 0 Å². The van der Waals surface area contributed by atoms with Gasteiger partial charge in [-0.3, -0.25) is 0 Å². The van der Waals surface area contributed by atoms with Crippen LogP contribution in [-0.4, -0.2) is 72.5 Å². The number of hydrogen-bond acceptors (Lipinski definition) is 7. The maximum absolute atomic E-state index is 9.67. The summed E-state index contributed by atoms with van der Waals surface area (Å²) in [4.78, 5) is 12.3. The molecule has 0 saturated heterocycles. The Labute approximate surface area is 298 Å². The van der Waals surface area contributed by atoms with Gasteiger partial charge in [0.05, 0.1) is 12.7 Å². The zero-order valence-electron chi connectivity index (χ0n) is 27.5. The number of halogens is 2. The summed E-state index contributed by atoms with van der Waals surface area (Å²) < 4.78 is 5.15. The summed E-state index contributed by atoms with van der Waals surface area (Å²) in [5.41, 5.74) is 10.6. The first-order valence-electron chi connectivity index (χ1n) is 16.4. The molecule has 8 rings (SSSR count). The van der Waals surface area contributed by atoms with Crippen molar-refractivity contribution in [1.82, 2.24) is 34.0 Å². The van der Waals surface area contributed by atoms with E-state index in [4.69, 9.17) is 0 Å². The minimum atomic E-state index is -0.380. The molecule has 48 heavy (non-hydrogen) atoms. The summed E-state index contributed by atoms with van der Waals surface area (Å²) in [6.07, 6.45) is 14.3. The number of fused-ring (bicyclic) bond motifs is 3. The highest BCUT2D eigenvalue weighted by Gasteiger charge is 2.23. The molecule has 5 heterocycles. The van der Waals surface area contributed by atoms with Crippen LogP contribution in [0.3, 0.4) is 0 Å². The minimum absolute atomic E-state index is 0. The van der Waals surface area contributed by atoms with E-state index in [0.717, 1.165) is 68.7 Å². The van der Waals surface area contributed by atoms with Gasteiger partial charge in [0.2, 0.25) is 0 Å². The van der Waals surface area contributed by atoms with E-state index in [1.54, 1.807) is 18.7 Å². The summed E-state index contributed by atoms with van der Waals surface area (Å²) in [5.74, 6) is 0. The molecule has 0 fully saturated rings. The third-order valence-corrected chi connectivity index (χ3v) is 9.67. The van der Waals surface area contributed by atoms with E-state index in [1.807, 2.05) is 41.5 Å². The Morgan fingerprint density at radius 2 is 1.17 bits per heavy atom. The van der Waals surface area contributed by atoms with Gasteiger partial charge in [0, 0.05) is 60.3 Å². The van der Waals surface area contributed by atoms with Crippen molar-refractivity contribution in [2.75, 3.05) is 19.6 Å². The molecular weight excluding hydrogens is 687 g/mol. The minimum Gasteiger partial charge on any atom is -0.437 e. The van der Waals surface area contributed by atoms with Crippen molar-refractivity contribution in [1.29, 1.82) is 0 Å². The van der Waals surface area contributed by atoms with Crippen LogP contribution >= 0.6 is 28.3 Å². The molecule has 0 atom stereocenters. The number of nitrogens with zero attached hydrogens (tertiary/aromatic N) is 6. The van der Waals surface area contributed by atoms with Crippen molar-refractivity contribution in [3.05, 3.63) is 130 Å². The van der Waals surface area contributed by atoms with Crippen LogP contribution < -0.4 is 5.32 Å². The summed E-state index contributed by atoms with van der Waals surface area (Å²) >= 11 is 3.47. The molecule has 0 unspecified atom stereocenters. The molecule has 0 amide bonds. The molecule has 9 nitrogen and oxygen atoms in total. The number of rotatable bonds is 4. The lowest BCUT2D eigenvalue weighted by atomic mass is 9.81. The Balaban J connectivity index is 0.000000141. The van der Waals surface area contributed by atoms with Gasteiger partial charge in [0.15, 0.2) is 0 Å².